The van der Waals surface area contributed by atoms with Crippen LogP contribution in [0, 0.1) is 10.1 Å². The average molecular weight is 264 g/mol. The summed E-state index contributed by atoms with van der Waals surface area (Å²) >= 11 is 1.63. The van der Waals surface area contributed by atoms with Crippen LogP contribution in [0.4, 0.5) is 11.4 Å². The lowest BCUT2D eigenvalue weighted by atomic mass is 10.3. The van der Waals surface area contributed by atoms with Crippen LogP contribution in [-0.4, -0.2) is 18.1 Å². The number of nitro groups is 1. The van der Waals surface area contributed by atoms with Gasteiger partial charge in [-0.15, -0.1) is 0 Å². The van der Waals surface area contributed by atoms with Crippen molar-refractivity contribution < 1.29 is 9.66 Å². The number of non-ortho nitro benzene ring substituents is 1. The van der Waals surface area contributed by atoms with Crippen molar-refractivity contribution in [3.63, 3.8) is 0 Å². The van der Waals surface area contributed by atoms with Crippen LogP contribution >= 0.6 is 11.3 Å². The number of anilines is 1. The van der Waals surface area contributed by atoms with E-state index < -0.39 is 4.92 Å². The van der Waals surface area contributed by atoms with Crippen LogP contribution in [0.3, 0.4) is 0 Å². The zero-order valence-electron chi connectivity index (χ0n) is 9.54. The van der Waals surface area contributed by atoms with E-state index in [0.717, 1.165) is 5.69 Å². The van der Waals surface area contributed by atoms with Gasteiger partial charge in [0.15, 0.2) is 0 Å². The molecule has 0 fully saturated rings. The largest absolute Gasteiger partial charge is 0.492 e. The topological polar surface area (TPSA) is 64.4 Å². The molecule has 18 heavy (non-hydrogen) atoms. The maximum Gasteiger partial charge on any atom is 0.269 e. The van der Waals surface area contributed by atoms with Crippen molar-refractivity contribution in [1.29, 1.82) is 0 Å². The van der Waals surface area contributed by atoms with E-state index in [1.54, 1.807) is 23.5 Å². The number of nitro benzene ring substituents is 1. The van der Waals surface area contributed by atoms with Crippen molar-refractivity contribution in [2.45, 2.75) is 0 Å². The molecule has 6 heteroatoms. The zero-order valence-corrected chi connectivity index (χ0v) is 10.4. The Morgan fingerprint density at radius 3 is 2.67 bits per heavy atom. The first-order valence-corrected chi connectivity index (χ1v) is 6.33. The first kappa shape index (κ1) is 12.4. The summed E-state index contributed by atoms with van der Waals surface area (Å²) in [6.45, 7) is 1.20. The van der Waals surface area contributed by atoms with Gasteiger partial charge in [-0.3, -0.25) is 10.1 Å². The van der Waals surface area contributed by atoms with Gasteiger partial charge in [0.05, 0.1) is 4.92 Å². The van der Waals surface area contributed by atoms with Gasteiger partial charge in [-0.2, -0.15) is 11.3 Å². The maximum atomic E-state index is 10.5. The molecule has 0 amide bonds. The second-order valence-corrected chi connectivity index (χ2v) is 4.32. The Labute approximate surface area is 108 Å². The fraction of sp³-hybridized carbons (Fsp3) is 0.167. The van der Waals surface area contributed by atoms with Gasteiger partial charge in [-0.1, -0.05) is 0 Å². The summed E-state index contributed by atoms with van der Waals surface area (Å²) in [6, 6.07) is 8.06. The third-order valence-electron chi connectivity index (χ3n) is 2.27. The van der Waals surface area contributed by atoms with Crippen LogP contribution in [0.15, 0.2) is 41.1 Å². The molecule has 1 N–H and O–H groups in total. The van der Waals surface area contributed by atoms with Crippen molar-refractivity contribution in [3.8, 4) is 5.75 Å². The highest BCUT2D eigenvalue weighted by molar-refractivity contribution is 7.08. The number of benzene rings is 1. The maximum absolute atomic E-state index is 10.5. The fourth-order valence-corrected chi connectivity index (χ4v) is 2.01. The van der Waals surface area contributed by atoms with Crippen LogP contribution in [0.5, 0.6) is 5.75 Å². The summed E-state index contributed by atoms with van der Waals surface area (Å²) in [5.41, 5.74) is 1.14. The molecule has 0 aliphatic carbocycles. The standard InChI is InChI=1S/C12H12N2O3S/c15-14(16)11-1-3-12(4-2-11)17-7-6-13-10-5-8-18-9-10/h1-5,8-9,13H,6-7H2. The molecule has 5 nitrogen and oxygen atoms in total. The van der Waals surface area contributed by atoms with Crippen LogP contribution in [0.2, 0.25) is 0 Å². The number of ether oxygens (including phenoxy) is 1. The van der Waals surface area contributed by atoms with E-state index in [1.807, 2.05) is 16.8 Å². The first-order valence-electron chi connectivity index (χ1n) is 5.39. The summed E-state index contributed by atoms with van der Waals surface area (Å²) in [4.78, 5) is 10.0. The minimum absolute atomic E-state index is 0.0683. The molecule has 1 heterocycles. The molecule has 0 unspecified atom stereocenters. The highest BCUT2D eigenvalue weighted by atomic mass is 32.1. The molecular weight excluding hydrogens is 252 g/mol. The Kier molecular flexibility index (Phi) is 4.14. The van der Waals surface area contributed by atoms with Crippen molar-refractivity contribution in [3.05, 3.63) is 51.2 Å². The minimum atomic E-state index is -0.429. The molecule has 1 aromatic heterocycles. The van der Waals surface area contributed by atoms with Gasteiger partial charge in [0, 0.05) is 29.7 Å². The summed E-state index contributed by atoms with van der Waals surface area (Å²) in [7, 11) is 0. The fourth-order valence-electron chi connectivity index (χ4n) is 1.39. The number of rotatable bonds is 6. The number of hydrogen-bond donors (Lipinski definition) is 1. The summed E-state index contributed by atoms with van der Waals surface area (Å²) in [5.74, 6) is 0.632. The minimum Gasteiger partial charge on any atom is -0.492 e. The highest BCUT2D eigenvalue weighted by Crippen LogP contribution is 2.17. The molecule has 94 valence electrons. The van der Waals surface area contributed by atoms with E-state index in [-0.39, 0.29) is 5.69 Å². The molecule has 0 aliphatic rings. The molecule has 0 saturated heterocycles. The van der Waals surface area contributed by atoms with Crippen molar-refractivity contribution in [2.24, 2.45) is 0 Å². The Morgan fingerprint density at radius 2 is 2.06 bits per heavy atom. The lowest BCUT2D eigenvalue weighted by Crippen LogP contribution is -2.10. The van der Waals surface area contributed by atoms with Crippen LogP contribution < -0.4 is 10.1 Å². The van der Waals surface area contributed by atoms with Crippen LogP contribution in [-0.2, 0) is 0 Å². The van der Waals surface area contributed by atoms with Gasteiger partial charge in [0.2, 0.25) is 0 Å². The van der Waals surface area contributed by atoms with Crippen molar-refractivity contribution >= 4 is 22.7 Å². The Morgan fingerprint density at radius 1 is 1.28 bits per heavy atom. The lowest BCUT2D eigenvalue weighted by molar-refractivity contribution is -0.384. The first-order chi connectivity index (χ1) is 8.75. The predicted octanol–water partition coefficient (Wildman–Crippen LogP) is 3.15. The molecule has 0 atom stereocenters. The molecule has 0 bridgehead atoms. The van der Waals surface area contributed by atoms with E-state index in [0.29, 0.717) is 18.9 Å². The third kappa shape index (κ3) is 3.46. The smallest absolute Gasteiger partial charge is 0.269 e. The number of hydrogen-bond acceptors (Lipinski definition) is 5. The van der Waals surface area contributed by atoms with Gasteiger partial charge in [0.25, 0.3) is 5.69 Å². The molecule has 0 aliphatic heterocycles. The van der Waals surface area contributed by atoms with Gasteiger partial charge >= 0.3 is 0 Å². The quantitative estimate of drug-likeness (QED) is 0.494. The Balaban J connectivity index is 1.75. The van der Waals surface area contributed by atoms with Gasteiger partial charge in [-0.25, -0.2) is 0 Å². The van der Waals surface area contributed by atoms with Crippen LogP contribution in [0.1, 0.15) is 0 Å². The number of nitrogens with zero attached hydrogens (tertiary/aromatic N) is 1. The highest BCUT2D eigenvalue weighted by Gasteiger charge is 2.03. The predicted molar refractivity (Wildman–Crippen MR) is 71.4 cm³/mol. The SMILES string of the molecule is O=[N+]([O-])c1ccc(OCCNc2ccsc2)cc1. The van der Waals surface area contributed by atoms with Gasteiger partial charge in [0.1, 0.15) is 12.4 Å². The molecule has 0 radical (unpaired) electrons. The number of nitrogens with one attached hydrogen (secondary N) is 1. The lowest BCUT2D eigenvalue weighted by Gasteiger charge is -2.06. The third-order valence-corrected chi connectivity index (χ3v) is 2.95. The van der Waals surface area contributed by atoms with Crippen LogP contribution in [0.25, 0.3) is 0 Å². The van der Waals surface area contributed by atoms with E-state index in [4.69, 9.17) is 4.74 Å². The molecule has 2 rings (SSSR count). The van der Waals surface area contributed by atoms with E-state index in [1.165, 1.54) is 12.1 Å². The summed E-state index contributed by atoms with van der Waals surface area (Å²) in [5, 5.41) is 17.7. The molecule has 0 saturated carbocycles. The van der Waals surface area contributed by atoms with E-state index >= 15 is 0 Å². The summed E-state index contributed by atoms with van der Waals surface area (Å²) in [6.07, 6.45) is 0. The average Bonchev–Trinajstić information content (AvgIpc) is 2.88. The zero-order chi connectivity index (χ0) is 12.8. The summed E-state index contributed by atoms with van der Waals surface area (Å²) < 4.78 is 5.46. The van der Waals surface area contributed by atoms with Gasteiger partial charge < -0.3 is 10.1 Å². The second kappa shape index (κ2) is 6.02. The second-order valence-electron chi connectivity index (χ2n) is 3.54. The molecule has 1 aromatic carbocycles. The van der Waals surface area contributed by atoms with Crippen molar-refractivity contribution in [2.75, 3.05) is 18.5 Å². The Bertz CT molecular complexity index is 497. The Hall–Kier alpha value is -2.08. The molecule has 2 aromatic rings. The molecule has 0 spiro atoms. The number of thiophene rings is 1. The normalized spacial score (nSPS) is 10.0. The van der Waals surface area contributed by atoms with Gasteiger partial charge in [-0.05, 0) is 23.6 Å². The van der Waals surface area contributed by atoms with E-state index in [9.17, 15) is 10.1 Å². The van der Waals surface area contributed by atoms with Crippen molar-refractivity contribution in [1.82, 2.24) is 0 Å². The molecular formula is C12H12N2O3S. The van der Waals surface area contributed by atoms with E-state index in [2.05, 4.69) is 5.32 Å². The monoisotopic (exact) mass is 264 g/mol.